The van der Waals surface area contributed by atoms with E-state index in [4.69, 9.17) is 0 Å². The first-order chi connectivity index (χ1) is 13.5. The van der Waals surface area contributed by atoms with Gasteiger partial charge in [-0.05, 0) is 44.0 Å². The lowest BCUT2D eigenvalue weighted by atomic mass is 10.0. The molecule has 4 rings (SSSR count). The number of aryl methyl sites for hydroxylation is 3. The summed E-state index contributed by atoms with van der Waals surface area (Å²) in [7, 11) is 0. The monoisotopic (exact) mass is 384 g/mol. The average Bonchev–Trinajstić information content (AvgIpc) is 2.72. The summed E-state index contributed by atoms with van der Waals surface area (Å²) in [5.41, 5.74) is 6.51. The Balaban J connectivity index is 0.000000168. The van der Waals surface area contributed by atoms with Crippen molar-refractivity contribution < 1.29 is 0 Å². The zero-order valence-corrected chi connectivity index (χ0v) is 17.7. The van der Waals surface area contributed by atoms with Crippen LogP contribution in [-0.4, -0.2) is 0 Å². The molecule has 0 fully saturated rings. The van der Waals surface area contributed by atoms with E-state index in [2.05, 4.69) is 94.1 Å². The minimum Gasteiger partial charge on any atom is -0.143 e. The molecular formula is C27H28S. The second-order valence-electron chi connectivity index (χ2n) is 6.72. The molecule has 0 unspecified atom stereocenters. The van der Waals surface area contributed by atoms with Gasteiger partial charge in [-0.25, -0.2) is 0 Å². The van der Waals surface area contributed by atoms with Crippen LogP contribution in [0.2, 0.25) is 0 Å². The zero-order chi connectivity index (χ0) is 20.2. The Morgan fingerprint density at radius 2 is 0.714 bits per heavy atom. The molecule has 0 atom stereocenters. The average molecular weight is 385 g/mol. The number of hydrogen-bond donors (Lipinski definition) is 1. The molecule has 0 aliphatic heterocycles. The molecule has 0 radical (unpaired) electrons. The summed E-state index contributed by atoms with van der Waals surface area (Å²) < 4.78 is 0. The van der Waals surface area contributed by atoms with Crippen molar-refractivity contribution in [3.05, 3.63) is 126 Å². The van der Waals surface area contributed by atoms with Crippen LogP contribution in [0.3, 0.4) is 0 Å². The van der Waals surface area contributed by atoms with Crippen LogP contribution in [0.1, 0.15) is 16.7 Å². The van der Waals surface area contributed by atoms with E-state index in [0.29, 0.717) is 0 Å². The lowest BCUT2D eigenvalue weighted by molar-refractivity contribution is 1.45. The molecule has 0 aliphatic rings. The molecule has 142 valence electrons. The minimum atomic E-state index is 1.02. The van der Waals surface area contributed by atoms with Gasteiger partial charge in [-0.3, -0.25) is 0 Å². The molecule has 4 aromatic carbocycles. The molecule has 1 heteroatoms. The van der Waals surface area contributed by atoms with Crippen molar-refractivity contribution in [3.8, 4) is 11.1 Å². The summed E-state index contributed by atoms with van der Waals surface area (Å²) in [6.07, 6.45) is 0. The fourth-order valence-electron chi connectivity index (χ4n) is 2.45. The minimum absolute atomic E-state index is 1.02. The molecule has 0 aromatic heterocycles. The Bertz CT molecular complexity index is 828. The van der Waals surface area contributed by atoms with Crippen LogP contribution in [0, 0.1) is 20.8 Å². The Labute approximate surface area is 175 Å². The number of hydrogen-bond acceptors (Lipinski definition) is 1. The molecule has 0 spiro atoms. The molecule has 0 heterocycles. The number of benzene rings is 4. The fourth-order valence-corrected chi connectivity index (χ4v) is 2.63. The fraction of sp³-hybridized carbons (Fsp3) is 0.111. The van der Waals surface area contributed by atoms with E-state index in [1.54, 1.807) is 0 Å². The van der Waals surface area contributed by atoms with Gasteiger partial charge in [-0.1, -0.05) is 114 Å². The third-order valence-corrected chi connectivity index (χ3v) is 4.43. The van der Waals surface area contributed by atoms with Gasteiger partial charge in [-0.15, -0.1) is 12.6 Å². The summed E-state index contributed by atoms with van der Waals surface area (Å²) in [6, 6.07) is 37.3. The molecule has 4 aromatic rings. The highest BCUT2D eigenvalue weighted by Gasteiger charge is 1.95. The van der Waals surface area contributed by atoms with Gasteiger partial charge in [0, 0.05) is 4.90 Å². The van der Waals surface area contributed by atoms with E-state index >= 15 is 0 Å². The predicted molar refractivity (Wildman–Crippen MR) is 126 cm³/mol. The molecule has 0 saturated heterocycles. The lowest BCUT2D eigenvalue weighted by Crippen LogP contribution is -1.78. The Morgan fingerprint density at radius 1 is 0.393 bits per heavy atom. The standard InChI is InChI=1S/C14H14.C7H8.C6H6S/c1-11-3-7-13(8-4-11)14-9-5-12(2)6-10-14;1-7-5-3-2-4-6-7;7-6-4-2-1-3-5-6/h3-10H,1-2H3;2-6H,1H3;1-5,7H. The lowest BCUT2D eigenvalue weighted by Gasteiger charge is -2.02. The van der Waals surface area contributed by atoms with Crippen LogP contribution in [-0.2, 0) is 0 Å². The molecule has 0 nitrogen and oxygen atoms in total. The molecule has 0 aliphatic carbocycles. The molecule has 0 amide bonds. The van der Waals surface area contributed by atoms with Gasteiger partial charge in [0.2, 0.25) is 0 Å². The normalized spacial score (nSPS) is 9.43. The Kier molecular flexibility index (Phi) is 9.10. The predicted octanol–water partition coefficient (Wildman–Crippen LogP) is 7.94. The van der Waals surface area contributed by atoms with Crippen LogP contribution >= 0.6 is 12.6 Å². The van der Waals surface area contributed by atoms with E-state index in [0.717, 1.165) is 4.90 Å². The van der Waals surface area contributed by atoms with Crippen LogP contribution in [0.5, 0.6) is 0 Å². The Morgan fingerprint density at radius 3 is 0.964 bits per heavy atom. The molecule has 28 heavy (non-hydrogen) atoms. The number of rotatable bonds is 1. The van der Waals surface area contributed by atoms with Crippen molar-refractivity contribution in [2.75, 3.05) is 0 Å². The summed E-state index contributed by atoms with van der Waals surface area (Å²) in [5.74, 6) is 0. The van der Waals surface area contributed by atoms with Crippen molar-refractivity contribution in [2.24, 2.45) is 0 Å². The van der Waals surface area contributed by atoms with Gasteiger partial charge in [0.1, 0.15) is 0 Å². The van der Waals surface area contributed by atoms with Crippen molar-refractivity contribution in [2.45, 2.75) is 25.7 Å². The highest BCUT2D eigenvalue weighted by atomic mass is 32.1. The second kappa shape index (κ2) is 11.8. The van der Waals surface area contributed by atoms with E-state index < -0.39 is 0 Å². The maximum absolute atomic E-state index is 4.08. The molecule has 0 saturated carbocycles. The number of thiol groups is 1. The molecular weight excluding hydrogens is 356 g/mol. The van der Waals surface area contributed by atoms with Crippen LogP contribution < -0.4 is 0 Å². The van der Waals surface area contributed by atoms with Crippen LogP contribution in [0.25, 0.3) is 11.1 Å². The van der Waals surface area contributed by atoms with Gasteiger partial charge in [0.25, 0.3) is 0 Å². The summed E-state index contributed by atoms with van der Waals surface area (Å²) in [6.45, 7) is 6.30. The van der Waals surface area contributed by atoms with E-state index in [1.165, 1.54) is 27.8 Å². The van der Waals surface area contributed by atoms with Crippen molar-refractivity contribution in [3.63, 3.8) is 0 Å². The highest BCUT2D eigenvalue weighted by Crippen LogP contribution is 2.19. The first-order valence-electron chi connectivity index (χ1n) is 9.44. The Hall–Kier alpha value is -2.77. The van der Waals surface area contributed by atoms with E-state index in [1.807, 2.05) is 48.5 Å². The van der Waals surface area contributed by atoms with Crippen LogP contribution in [0.4, 0.5) is 0 Å². The van der Waals surface area contributed by atoms with Gasteiger partial charge >= 0.3 is 0 Å². The van der Waals surface area contributed by atoms with Gasteiger partial charge < -0.3 is 0 Å². The first kappa shape index (κ1) is 21.5. The van der Waals surface area contributed by atoms with E-state index in [-0.39, 0.29) is 0 Å². The topological polar surface area (TPSA) is 0 Å². The highest BCUT2D eigenvalue weighted by molar-refractivity contribution is 7.80. The van der Waals surface area contributed by atoms with Gasteiger partial charge in [-0.2, -0.15) is 0 Å². The second-order valence-corrected chi connectivity index (χ2v) is 7.24. The van der Waals surface area contributed by atoms with Crippen LogP contribution in [0.15, 0.2) is 114 Å². The SMILES string of the molecule is Cc1ccc(-c2ccc(C)cc2)cc1.Cc1ccccc1.Sc1ccccc1. The third-order valence-electron chi connectivity index (χ3n) is 4.13. The molecule has 0 N–H and O–H groups in total. The van der Waals surface area contributed by atoms with Gasteiger partial charge in [0.05, 0.1) is 0 Å². The maximum Gasteiger partial charge on any atom is 0.00399 e. The zero-order valence-electron chi connectivity index (χ0n) is 16.8. The summed E-state index contributed by atoms with van der Waals surface area (Å²) in [4.78, 5) is 1.02. The van der Waals surface area contributed by atoms with Crippen molar-refractivity contribution >= 4 is 12.6 Å². The van der Waals surface area contributed by atoms with Crippen molar-refractivity contribution in [1.29, 1.82) is 0 Å². The molecule has 0 bridgehead atoms. The summed E-state index contributed by atoms with van der Waals surface area (Å²) in [5, 5.41) is 0. The summed E-state index contributed by atoms with van der Waals surface area (Å²) >= 11 is 4.08. The largest absolute Gasteiger partial charge is 0.143 e. The maximum atomic E-state index is 4.08. The van der Waals surface area contributed by atoms with Gasteiger partial charge in [0.15, 0.2) is 0 Å². The van der Waals surface area contributed by atoms with E-state index in [9.17, 15) is 0 Å². The quantitative estimate of drug-likeness (QED) is 0.316. The first-order valence-corrected chi connectivity index (χ1v) is 9.88. The van der Waals surface area contributed by atoms with Crippen molar-refractivity contribution in [1.82, 2.24) is 0 Å². The third kappa shape index (κ3) is 8.28. The smallest absolute Gasteiger partial charge is 0.00399 e.